The van der Waals surface area contributed by atoms with Crippen LogP contribution in [0.2, 0.25) is 0 Å². The summed E-state index contributed by atoms with van der Waals surface area (Å²) in [5, 5.41) is 9.83. The average molecular weight is 338 g/mol. The largest absolute Gasteiger partial charge is 0.495 e. The first-order valence-electron chi connectivity index (χ1n) is 7.73. The number of hydrogen-bond acceptors (Lipinski definition) is 6. The summed E-state index contributed by atoms with van der Waals surface area (Å²) in [7, 11) is 1.57. The number of nitrogens with zero attached hydrogens (tertiary/aromatic N) is 2. The number of carbonyl (C=O) groups excluding carboxylic acids is 1. The molecular formula is C18H18N4O3. The van der Waals surface area contributed by atoms with Gasteiger partial charge in [0, 0.05) is 18.2 Å². The Hall–Kier alpha value is -3.35. The molecule has 0 aliphatic heterocycles. The number of hydrogen-bond donors (Lipinski definition) is 2. The summed E-state index contributed by atoms with van der Waals surface area (Å²) >= 11 is 0. The van der Waals surface area contributed by atoms with Crippen LogP contribution >= 0.6 is 0 Å². The predicted octanol–water partition coefficient (Wildman–Crippen LogP) is 3.25. The molecule has 0 spiro atoms. The van der Waals surface area contributed by atoms with Crippen LogP contribution in [0.3, 0.4) is 0 Å². The highest BCUT2D eigenvalue weighted by Crippen LogP contribution is 2.23. The van der Waals surface area contributed by atoms with Crippen molar-refractivity contribution in [3.8, 4) is 5.75 Å². The van der Waals surface area contributed by atoms with Crippen molar-refractivity contribution in [2.24, 2.45) is 0 Å². The number of nitrogens with one attached hydrogen (secondary N) is 2. The molecule has 1 heterocycles. The molecule has 2 N–H and O–H groups in total. The zero-order valence-electron chi connectivity index (χ0n) is 13.9. The van der Waals surface area contributed by atoms with E-state index in [2.05, 4.69) is 20.8 Å². The molecule has 0 unspecified atom stereocenters. The molecule has 7 heteroatoms. The lowest BCUT2D eigenvalue weighted by Gasteiger charge is -2.10. The molecule has 1 amide bonds. The molecule has 3 aromatic rings. The smallest absolute Gasteiger partial charge is 0.255 e. The molecule has 1 aromatic heterocycles. The van der Waals surface area contributed by atoms with Crippen molar-refractivity contribution in [2.45, 2.75) is 13.5 Å². The molecule has 0 radical (unpaired) electrons. The molecule has 0 fully saturated rings. The van der Waals surface area contributed by atoms with Crippen molar-refractivity contribution in [3.63, 3.8) is 0 Å². The van der Waals surface area contributed by atoms with Crippen molar-refractivity contribution in [1.29, 1.82) is 0 Å². The number of aryl methyl sites for hydroxylation is 1. The fourth-order valence-corrected chi connectivity index (χ4v) is 2.28. The van der Waals surface area contributed by atoms with E-state index in [1.54, 1.807) is 38.3 Å². The van der Waals surface area contributed by atoms with Crippen molar-refractivity contribution in [1.82, 2.24) is 10.1 Å². The summed E-state index contributed by atoms with van der Waals surface area (Å²) in [4.78, 5) is 16.5. The minimum atomic E-state index is -0.204. The van der Waals surface area contributed by atoms with Gasteiger partial charge in [-0.2, -0.15) is 4.98 Å². The highest BCUT2D eigenvalue weighted by molar-refractivity contribution is 6.05. The number of ether oxygens (including phenoxy) is 1. The van der Waals surface area contributed by atoms with Crippen molar-refractivity contribution < 1.29 is 14.1 Å². The van der Waals surface area contributed by atoms with Crippen LogP contribution in [0.4, 0.5) is 11.4 Å². The summed E-state index contributed by atoms with van der Waals surface area (Å²) in [5.74, 6) is 1.52. The van der Waals surface area contributed by atoms with Gasteiger partial charge in [-0.05, 0) is 36.4 Å². The van der Waals surface area contributed by atoms with Crippen molar-refractivity contribution in [2.75, 3.05) is 17.7 Å². The summed E-state index contributed by atoms with van der Waals surface area (Å²) in [6.45, 7) is 2.19. The van der Waals surface area contributed by atoms with Gasteiger partial charge < -0.3 is 19.9 Å². The summed E-state index contributed by atoms with van der Waals surface area (Å²) in [5.41, 5.74) is 2.04. The minimum Gasteiger partial charge on any atom is -0.495 e. The Morgan fingerprint density at radius 2 is 1.92 bits per heavy atom. The van der Waals surface area contributed by atoms with Crippen molar-refractivity contribution in [3.05, 3.63) is 65.8 Å². The van der Waals surface area contributed by atoms with Gasteiger partial charge in [0.15, 0.2) is 5.82 Å². The molecule has 0 saturated heterocycles. The molecule has 2 aromatic carbocycles. The minimum absolute atomic E-state index is 0.204. The normalized spacial score (nSPS) is 10.3. The number of amides is 1. The number of anilines is 2. The lowest BCUT2D eigenvalue weighted by atomic mass is 10.2. The summed E-state index contributed by atoms with van der Waals surface area (Å²) < 4.78 is 10.1. The maximum atomic E-state index is 12.4. The number of methoxy groups -OCH3 is 1. The van der Waals surface area contributed by atoms with E-state index in [1.807, 2.05) is 24.3 Å². The van der Waals surface area contributed by atoms with Gasteiger partial charge in [-0.3, -0.25) is 4.79 Å². The first-order chi connectivity index (χ1) is 12.2. The maximum absolute atomic E-state index is 12.4. The second kappa shape index (κ2) is 7.48. The quantitative estimate of drug-likeness (QED) is 0.717. The predicted molar refractivity (Wildman–Crippen MR) is 93.8 cm³/mol. The van der Waals surface area contributed by atoms with Crippen LogP contribution in [0.15, 0.2) is 53.1 Å². The van der Waals surface area contributed by atoms with E-state index in [0.717, 1.165) is 5.69 Å². The van der Waals surface area contributed by atoms with E-state index in [0.29, 0.717) is 35.3 Å². The van der Waals surface area contributed by atoms with Gasteiger partial charge in [0.05, 0.1) is 19.3 Å². The SMILES string of the molecule is COc1ccccc1NC(=O)c1ccc(NCc2noc(C)n2)cc1. The average Bonchev–Trinajstić information content (AvgIpc) is 3.06. The van der Waals surface area contributed by atoms with Crippen LogP contribution in [0.25, 0.3) is 0 Å². The van der Waals surface area contributed by atoms with Crippen molar-refractivity contribution >= 4 is 17.3 Å². The van der Waals surface area contributed by atoms with E-state index in [9.17, 15) is 4.79 Å². The van der Waals surface area contributed by atoms with Gasteiger partial charge in [0.1, 0.15) is 5.75 Å². The molecule has 0 atom stereocenters. The zero-order chi connectivity index (χ0) is 17.6. The topological polar surface area (TPSA) is 89.3 Å². The monoisotopic (exact) mass is 338 g/mol. The third-order valence-electron chi connectivity index (χ3n) is 3.52. The Balaban J connectivity index is 1.62. The lowest BCUT2D eigenvalue weighted by Crippen LogP contribution is -2.12. The Labute approximate surface area is 145 Å². The van der Waals surface area contributed by atoms with E-state index in [4.69, 9.17) is 9.26 Å². The maximum Gasteiger partial charge on any atom is 0.255 e. The van der Waals surface area contributed by atoms with Crippen LogP contribution in [0, 0.1) is 6.92 Å². The fraction of sp³-hybridized carbons (Fsp3) is 0.167. The molecule has 0 bridgehead atoms. The molecule has 0 saturated carbocycles. The zero-order valence-corrected chi connectivity index (χ0v) is 13.9. The second-order valence-corrected chi connectivity index (χ2v) is 5.31. The van der Waals surface area contributed by atoms with Crippen LogP contribution in [-0.2, 0) is 6.54 Å². The number of carbonyl (C=O) groups is 1. The molecule has 7 nitrogen and oxygen atoms in total. The molecule has 128 valence electrons. The molecule has 0 aliphatic carbocycles. The standard InChI is InChI=1S/C18H18N4O3/c1-12-20-17(22-25-12)11-19-14-9-7-13(8-10-14)18(23)21-15-5-3-4-6-16(15)24-2/h3-10,19H,11H2,1-2H3,(H,21,23). The van der Waals surface area contributed by atoms with Gasteiger partial charge in [0.2, 0.25) is 5.89 Å². The van der Waals surface area contributed by atoms with Gasteiger partial charge in [-0.1, -0.05) is 17.3 Å². The second-order valence-electron chi connectivity index (χ2n) is 5.31. The van der Waals surface area contributed by atoms with E-state index >= 15 is 0 Å². The van der Waals surface area contributed by atoms with Gasteiger partial charge in [-0.25, -0.2) is 0 Å². The number of benzene rings is 2. The lowest BCUT2D eigenvalue weighted by molar-refractivity contribution is 0.102. The molecule has 0 aliphatic rings. The van der Waals surface area contributed by atoms with Crippen LogP contribution < -0.4 is 15.4 Å². The fourth-order valence-electron chi connectivity index (χ4n) is 2.28. The third-order valence-corrected chi connectivity index (χ3v) is 3.52. The van der Waals surface area contributed by atoms with E-state index in [-0.39, 0.29) is 5.91 Å². The summed E-state index contributed by atoms with van der Waals surface area (Å²) in [6, 6.07) is 14.4. The number of aromatic nitrogens is 2. The molecular weight excluding hydrogens is 320 g/mol. The third kappa shape index (κ3) is 4.14. The molecule has 3 rings (SSSR count). The van der Waals surface area contributed by atoms with Crippen LogP contribution in [0.1, 0.15) is 22.1 Å². The van der Waals surface area contributed by atoms with E-state index < -0.39 is 0 Å². The Morgan fingerprint density at radius 1 is 1.16 bits per heavy atom. The number of rotatable bonds is 6. The highest BCUT2D eigenvalue weighted by Gasteiger charge is 2.09. The first kappa shape index (κ1) is 16.5. The van der Waals surface area contributed by atoms with E-state index in [1.165, 1.54) is 0 Å². The highest BCUT2D eigenvalue weighted by atomic mass is 16.5. The van der Waals surface area contributed by atoms with Crippen LogP contribution in [-0.4, -0.2) is 23.2 Å². The van der Waals surface area contributed by atoms with Gasteiger partial charge in [-0.15, -0.1) is 0 Å². The molecule has 25 heavy (non-hydrogen) atoms. The van der Waals surface area contributed by atoms with Gasteiger partial charge in [0.25, 0.3) is 5.91 Å². The Morgan fingerprint density at radius 3 is 2.60 bits per heavy atom. The Kier molecular flexibility index (Phi) is 4.94. The summed E-state index contributed by atoms with van der Waals surface area (Å²) in [6.07, 6.45) is 0. The first-order valence-corrected chi connectivity index (χ1v) is 7.73. The van der Waals surface area contributed by atoms with Crippen LogP contribution in [0.5, 0.6) is 5.75 Å². The van der Waals surface area contributed by atoms with Gasteiger partial charge >= 0.3 is 0 Å². The Bertz CT molecular complexity index is 859. The number of para-hydroxylation sites is 2.